The molecule has 2 heterocycles. The fourth-order valence-corrected chi connectivity index (χ4v) is 4.14. The second-order valence-corrected chi connectivity index (χ2v) is 8.72. The van der Waals surface area contributed by atoms with Gasteiger partial charge in [0.25, 0.3) is 5.91 Å². The standard InChI is InChI=1S/C23H34N4O5/c1-5-10-24-21(28)12-16-7-8-18-20(32-16)14-31-19-9-6-15(25-22(29)13-26(2)3)11-17(19)23(30)27(18)4/h6,9,11,16,18,20H,5,7-8,10,12-14H2,1-4H3,(H,24,28)(H,25,29)/t16-,18+,20-/m1/s1. The number of hydrogen-bond donors (Lipinski definition) is 2. The molecule has 3 rings (SSSR count). The molecule has 0 radical (unpaired) electrons. The van der Waals surface area contributed by atoms with Crippen LogP contribution in [0.4, 0.5) is 5.69 Å². The number of likely N-dealkylation sites (N-methyl/N-ethyl adjacent to an activating group) is 2. The van der Waals surface area contributed by atoms with Crippen LogP contribution in [0.2, 0.25) is 0 Å². The summed E-state index contributed by atoms with van der Waals surface area (Å²) in [6.45, 7) is 3.21. The Hall–Kier alpha value is -2.65. The number of benzene rings is 1. The average molecular weight is 447 g/mol. The average Bonchev–Trinajstić information content (AvgIpc) is 2.74. The summed E-state index contributed by atoms with van der Waals surface area (Å²) in [5, 5.41) is 5.70. The maximum Gasteiger partial charge on any atom is 0.257 e. The quantitative estimate of drug-likeness (QED) is 0.658. The molecule has 0 aliphatic carbocycles. The van der Waals surface area contributed by atoms with Crippen molar-refractivity contribution >= 4 is 23.4 Å². The van der Waals surface area contributed by atoms with Crippen molar-refractivity contribution in [2.24, 2.45) is 0 Å². The van der Waals surface area contributed by atoms with Crippen LogP contribution < -0.4 is 15.4 Å². The Labute approximate surface area is 189 Å². The highest BCUT2D eigenvalue weighted by atomic mass is 16.5. The smallest absolute Gasteiger partial charge is 0.257 e. The highest BCUT2D eigenvalue weighted by Crippen LogP contribution is 2.32. The van der Waals surface area contributed by atoms with E-state index in [9.17, 15) is 14.4 Å². The molecule has 3 amide bonds. The molecule has 2 N–H and O–H groups in total. The van der Waals surface area contributed by atoms with Gasteiger partial charge >= 0.3 is 0 Å². The fourth-order valence-electron chi connectivity index (χ4n) is 4.14. The molecular weight excluding hydrogens is 412 g/mol. The number of carbonyl (C=O) groups excluding carboxylic acids is 3. The minimum Gasteiger partial charge on any atom is -0.490 e. The van der Waals surface area contributed by atoms with Crippen LogP contribution in [0.25, 0.3) is 0 Å². The molecule has 0 unspecified atom stereocenters. The lowest BCUT2D eigenvalue weighted by Gasteiger charge is -2.42. The maximum atomic E-state index is 13.2. The third kappa shape index (κ3) is 5.98. The summed E-state index contributed by atoms with van der Waals surface area (Å²) in [7, 11) is 5.40. The lowest BCUT2D eigenvalue weighted by Crippen LogP contribution is -2.54. The molecular formula is C23H34N4O5. The van der Waals surface area contributed by atoms with Gasteiger partial charge in [-0.2, -0.15) is 0 Å². The van der Waals surface area contributed by atoms with Crippen LogP contribution in [0, 0.1) is 0 Å². The molecule has 0 saturated carbocycles. The van der Waals surface area contributed by atoms with E-state index in [1.165, 1.54) is 0 Å². The topological polar surface area (TPSA) is 100 Å². The molecule has 2 aliphatic rings. The first-order chi connectivity index (χ1) is 15.3. The van der Waals surface area contributed by atoms with Gasteiger partial charge in [0, 0.05) is 19.3 Å². The summed E-state index contributed by atoms with van der Waals surface area (Å²) >= 11 is 0. The van der Waals surface area contributed by atoms with Crippen LogP contribution in [0.1, 0.15) is 43.0 Å². The molecule has 0 spiro atoms. The Bertz CT molecular complexity index is 844. The van der Waals surface area contributed by atoms with E-state index in [1.54, 1.807) is 35.0 Å². The zero-order chi connectivity index (χ0) is 23.3. The molecule has 1 aromatic carbocycles. The Balaban J connectivity index is 1.70. The number of hydrogen-bond acceptors (Lipinski definition) is 6. The van der Waals surface area contributed by atoms with Crippen molar-refractivity contribution in [1.29, 1.82) is 0 Å². The van der Waals surface area contributed by atoms with Crippen LogP contribution in [0.15, 0.2) is 18.2 Å². The van der Waals surface area contributed by atoms with Crippen molar-refractivity contribution < 1.29 is 23.9 Å². The predicted molar refractivity (Wildman–Crippen MR) is 121 cm³/mol. The van der Waals surface area contributed by atoms with Gasteiger partial charge in [-0.25, -0.2) is 0 Å². The zero-order valence-corrected chi connectivity index (χ0v) is 19.3. The molecule has 3 atom stereocenters. The highest BCUT2D eigenvalue weighted by molar-refractivity contribution is 6.00. The third-order valence-electron chi connectivity index (χ3n) is 5.74. The predicted octanol–water partition coefficient (Wildman–Crippen LogP) is 1.48. The summed E-state index contributed by atoms with van der Waals surface area (Å²) in [5.74, 6) is 0.108. The minimum absolute atomic E-state index is 0.0133. The lowest BCUT2D eigenvalue weighted by molar-refractivity contribution is -0.134. The van der Waals surface area contributed by atoms with E-state index in [2.05, 4.69) is 10.6 Å². The van der Waals surface area contributed by atoms with Crippen molar-refractivity contribution in [2.45, 2.75) is 50.9 Å². The van der Waals surface area contributed by atoms with Gasteiger partial charge in [0.15, 0.2) is 0 Å². The summed E-state index contributed by atoms with van der Waals surface area (Å²) in [6.07, 6.45) is 2.14. The molecule has 32 heavy (non-hydrogen) atoms. The van der Waals surface area contributed by atoms with Gasteiger partial charge < -0.3 is 29.9 Å². The number of nitrogens with zero attached hydrogens (tertiary/aromatic N) is 2. The van der Waals surface area contributed by atoms with E-state index in [0.29, 0.717) is 36.4 Å². The first-order valence-electron chi connectivity index (χ1n) is 11.2. The molecule has 1 saturated heterocycles. The van der Waals surface area contributed by atoms with E-state index in [4.69, 9.17) is 9.47 Å². The first-order valence-corrected chi connectivity index (χ1v) is 11.2. The Morgan fingerprint density at radius 1 is 1.22 bits per heavy atom. The van der Waals surface area contributed by atoms with Crippen molar-refractivity contribution in [3.05, 3.63) is 23.8 Å². The molecule has 9 heteroatoms. The van der Waals surface area contributed by atoms with Gasteiger partial charge in [-0.1, -0.05) is 6.92 Å². The van der Waals surface area contributed by atoms with Crippen LogP contribution in [0.3, 0.4) is 0 Å². The Morgan fingerprint density at radius 3 is 2.72 bits per heavy atom. The molecule has 1 aromatic rings. The monoisotopic (exact) mass is 446 g/mol. The Morgan fingerprint density at radius 2 is 2.00 bits per heavy atom. The Kier molecular flexibility index (Phi) is 8.09. The van der Waals surface area contributed by atoms with Crippen LogP contribution in [-0.4, -0.2) is 86.6 Å². The summed E-state index contributed by atoms with van der Waals surface area (Å²) in [6, 6.07) is 4.94. The molecule has 176 valence electrons. The fraction of sp³-hybridized carbons (Fsp3) is 0.609. The molecule has 9 nitrogen and oxygen atoms in total. The van der Waals surface area contributed by atoms with Crippen molar-refractivity contribution in [3.8, 4) is 5.75 Å². The SMILES string of the molecule is CCCNC(=O)C[C@H]1CC[C@H]2[C@@H](COc3ccc(NC(=O)CN(C)C)cc3C(=O)N2C)O1. The summed E-state index contributed by atoms with van der Waals surface area (Å²) in [5.41, 5.74) is 0.964. The van der Waals surface area contributed by atoms with Gasteiger partial charge in [0.05, 0.1) is 30.7 Å². The van der Waals surface area contributed by atoms with Gasteiger partial charge in [-0.3, -0.25) is 14.4 Å². The molecule has 0 aromatic heterocycles. The van der Waals surface area contributed by atoms with Crippen LogP contribution in [-0.2, 0) is 14.3 Å². The van der Waals surface area contributed by atoms with Crippen molar-refractivity contribution in [3.63, 3.8) is 0 Å². The normalized spacial score (nSPS) is 22.8. The number of ether oxygens (including phenoxy) is 2. The van der Waals surface area contributed by atoms with E-state index >= 15 is 0 Å². The zero-order valence-electron chi connectivity index (χ0n) is 19.3. The molecule has 0 bridgehead atoms. The second-order valence-electron chi connectivity index (χ2n) is 8.72. The van der Waals surface area contributed by atoms with Gasteiger partial charge in [-0.05, 0) is 51.6 Å². The second kappa shape index (κ2) is 10.8. The van der Waals surface area contributed by atoms with E-state index < -0.39 is 0 Å². The minimum atomic E-state index is -0.311. The van der Waals surface area contributed by atoms with Crippen molar-refractivity contribution in [2.75, 3.05) is 46.2 Å². The van der Waals surface area contributed by atoms with Gasteiger partial charge in [0.1, 0.15) is 18.5 Å². The summed E-state index contributed by atoms with van der Waals surface area (Å²) in [4.78, 5) is 40.9. The number of anilines is 1. The number of carbonyl (C=O) groups is 3. The number of fused-ring (bicyclic) bond motifs is 2. The van der Waals surface area contributed by atoms with E-state index in [1.807, 2.05) is 21.0 Å². The highest BCUT2D eigenvalue weighted by Gasteiger charge is 2.39. The number of amides is 3. The van der Waals surface area contributed by atoms with Crippen molar-refractivity contribution in [1.82, 2.24) is 15.1 Å². The van der Waals surface area contributed by atoms with Gasteiger partial charge in [-0.15, -0.1) is 0 Å². The van der Waals surface area contributed by atoms with Crippen LogP contribution >= 0.6 is 0 Å². The number of nitrogens with one attached hydrogen (secondary N) is 2. The largest absolute Gasteiger partial charge is 0.490 e. The number of rotatable bonds is 7. The molecule has 2 aliphatic heterocycles. The van der Waals surface area contributed by atoms with Gasteiger partial charge in [0.2, 0.25) is 11.8 Å². The van der Waals surface area contributed by atoms with Crippen LogP contribution in [0.5, 0.6) is 5.75 Å². The maximum absolute atomic E-state index is 13.2. The lowest BCUT2D eigenvalue weighted by atomic mass is 9.94. The third-order valence-corrected chi connectivity index (χ3v) is 5.74. The summed E-state index contributed by atoms with van der Waals surface area (Å²) < 4.78 is 12.1. The van der Waals surface area contributed by atoms with E-state index in [-0.39, 0.29) is 49.1 Å². The molecule has 1 fully saturated rings. The van der Waals surface area contributed by atoms with E-state index in [0.717, 1.165) is 12.8 Å². The first kappa shape index (κ1) is 24.0.